The lowest BCUT2D eigenvalue weighted by atomic mass is 10.0. The molecule has 0 amide bonds. The van der Waals surface area contributed by atoms with E-state index < -0.39 is 6.10 Å². The second-order valence-corrected chi connectivity index (χ2v) is 15.4. The van der Waals surface area contributed by atoms with Crippen LogP contribution in [0.3, 0.4) is 0 Å². The van der Waals surface area contributed by atoms with Crippen LogP contribution < -0.4 is 0 Å². The van der Waals surface area contributed by atoms with E-state index in [4.69, 9.17) is 14.2 Å². The van der Waals surface area contributed by atoms with E-state index >= 15 is 0 Å². The van der Waals surface area contributed by atoms with Crippen molar-refractivity contribution < 1.29 is 28.6 Å². The van der Waals surface area contributed by atoms with Crippen molar-refractivity contribution in [2.24, 2.45) is 0 Å². The summed E-state index contributed by atoms with van der Waals surface area (Å²) >= 11 is 0. The summed E-state index contributed by atoms with van der Waals surface area (Å²) < 4.78 is 16.7. The van der Waals surface area contributed by atoms with Crippen LogP contribution in [0.1, 0.15) is 201 Å². The van der Waals surface area contributed by atoms with Crippen LogP contribution in [0.25, 0.3) is 0 Å². The molecule has 0 radical (unpaired) electrons. The maximum atomic E-state index is 12.7. The zero-order valence-electron chi connectivity index (χ0n) is 38.0. The Balaban J connectivity index is 4.50. The SMILES string of the molecule is CC/C=C/C=C/C=C/C=C/CCCCCCCC(=O)OCC(COC(=O)CCCCCCCCCCCCCCC)OC(=O)CCCCC/C=C/C=C/C=C/C=C/CC. The molecule has 0 aromatic rings. The highest BCUT2D eigenvalue weighted by Crippen LogP contribution is 2.14. The minimum Gasteiger partial charge on any atom is -0.462 e. The Kier molecular flexibility index (Phi) is 44.1. The fraction of sp³-hybridized carbons (Fsp3) is 0.642. The Labute approximate surface area is 362 Å². The maximum absolute atomic E-state index is 12.7. The van der Waals surface area contributed by atoms with Crippen molar-refractivity contribution in [2.75, 3.05) is 13.2 Å². The van der Waals surface area contributed by atoms with Crippen molar-refractivity contribution in [3.05, 3.63) is 97.2 Å². The third-order valence-electron chi connectivity index (χ3n) is 9.77. The van der Waals surface area contributed by atoms with Crippen LogP contribution in [0.5, 0.6) is 0 Å². The molecule has 0 fully saturated rings. The molecule has 0 spiro atoms. The molecule has 6 heteroatoms. The smallest absolute Gasteiger partial charge is 0.306 e. The van der Waals surface area contributed by atoms with Gasteiger partial charge in [0.1, 0.15) is 13.2 Å². The molecule has 0 saturated carbocycles. The van der Waals surface area contributed by atoms with Gasteiger partial charge in [-0.2, -0.15) is 0 Å². The molecule has 0 bridgehead atoms. The number of allylic oxidation sites excluding steroid dienone is 16. The Morgan fingerprint density at radius 1 is 0.356 bits per heavy atom. The lowest BCUT2D eigenvalue weighted by Gasteiger charge is -2.18. The monoisotopic (exact) mass is 819 g/mol. The second-order valence-electron chi connectivity index (χ2n) is 15.4. The van der Waals surface area contributed by atoms with E-state index in [-0.39, 0.29) is 37.5 Å². The summed E-state index contributed by atoms with van der Waals surface area (Å²) in [6.45, 7) is 6.28. The predicted molar refractivity (Wildman–Crippen MR) is 251 cm³/mol. The highest BCUT2D eigenvalue weighted by molar-refractivity contribution is 5.71. The maximum Gasteiger partial charge on any atom is 0.306 e. The molecule has 0 aliphatic carbocycles. The standard InChI is InChI=1S/C53H86O6/c1-4-7-10-13-16-19-22-25-26-29-31-34-37-40-43-46-52(55)58-49-50(59-53(56)47-44-41-38-35-32-28-24-21-18-15-12-9-6-3)48-57-51(54)45-42-39-36-33-30-27-23-20-17-14-11-8-5-2/h7,9-10,12-13,15-16,18-19,21-22,24-26,28,32,50H,4-6,8,11,14,17,20,23,27,29-31,33-49H2,1-3H3/b10-7+,12-9+,16-13+,18-15+,22-19+,24-21+,26-25+,32-28+. The van der Waals surface area contributed by atoms with Gasteiger partial charge in [0, 0.05) is 19.3 Å². The number of rotatable bonds is 41. The summed E-state index contributed by atoms with van der Waals surface area (Å²) in [5.74, 6) is -0.971. The van der Waals surface area contributed by atoms with E-state index in [1.54, 1.807) is 0 Å². The molecule has 0 aliphatic heterocycles. The van der Waals surface area contributed by atoms with Gasteiger partial charge in [0.2, 0.25) is 0 Å². The number of hydrogen-bond acceptors (Lipinski definition) is 6. The number of carbonyl (C=O) groups excluding carboxylic acids is 3. The first-order valence-electron chi connectivity index (χ1n) is 23.8. The van der Waals surface area contributed by atoms with Gasteiger partial charge in [-0.25, -0.2) is 0 Å². The molecule has 0 heterocycles. The minimum absolute atomic E-state index is 0.101. The van der Waals surface area contributed by atoms with Gasteiger partial charge in [0.05, 0.1) is 0 Å². The first kappa shape index (κ1) is 55.3. The molecule has 6 nitrogen and oxygen atoms in total. The van der Waals surface area contributed by atoms with Gasteiger partial charge in [0.25, 0.3) is 0 Å². The van der Waals surface area contributed by atoms with Crippen LogP contribution >= 0.6 is 0 Å². The average Bonchev–Trinajstić information content (AvgIpc) is 3.23. The summed E-state index contributed by atoms with van der Waals surface area (Å²) in [5, 5.41) is 0. The van der Waals surface area contributed by atoms with E-state index in [0.717, 1.165) is 89.9 Å². The largest absolute Gasteiger partial charge is 0.462 e. The molecule has 0 aliphatic rings. The normalized spacial score (nSPS) is 12.9. The van der Waals surface area contributed by atoms with Crippen molar-refractivity contribution in [1.82, 2.24) is 0 Å². The van der Waals surface area contributed by atoms with Crippen LogP contribution in [-0.4, -0.2) is 37.2 Å². The number of ether oxygens (including phenoxy) is 3. The fourth-order valence-corrected chi connectivity index (χ4v) is 6.23. The summed E-state index contributed by atoms with van der Waals surface area (Å²) in [6, 6.07) is 0. The Hall–Kier alpha value is -3.67. The predicted octanol–water partition coefficient (Wildman–Crippen LogP) is 15.4. The quantitative estimate of drug-likeness (QED) is 0.0265. The van der Waals surface area contributed by atoms with E-state index in [0.29, 0.717) is 19.3 Å². The number of esters is 3. The highest BCUT2D eigenvalue weighted by atomic mass is 16.6. The van der Waals surface area contributed by atoms with Crippen LogP contribution in [0, 0.1) is 0 Å². The van der Waals surface area contributed by atoms with E-state index in [1.807, 2.05) is 60.8 Å². The molecular weight excluding hydrogens is 733 g/mol. The Bertz CT molecular complexity index is 1220. The van der Waals surface area contributed by atoms with Crippen LogP contribution in [0.4, 0.5) is 0 Å². The van der Waals surface area contributed by atoms with Gasteiger partial charge in [-0.1, -0.05) is 221 Å². The van der Waals surface area contributed by atoms with Gasteiger partial charge in [-0.3, -0.25) is 14.4 Å². The number of hydrogen-bond donors (Lipinski definition) is 0. The molecular formula is C53H86O6. The van der Waals surface area contributed by atoms with Crippen molar-refractivity contribution in [2.45, 2.75) is 207 Å². The van der Waals surface area contributed by atoms with Crippen LogP contribution in [-0.2, 0) is 28.6 Å². The van der Waals surface area contributed by atoms with Crippen LogP contribution in [0.15, 0.2) is 97.2 Å². The first-order valence-corrected chi connectivity index (χ1v) is 23.8. The summed E-state index contributed by atoms with van der Waals surface area (Å²) in [6.07, 6.45) is 61.0. The topological polar surface area (TPSA) is 78.9 Å². The fourth-order valence-electron chi connectivity index (χ4n) is 6.23. The molecule has 0 N–H and O–H groups in total. The molecule has 334 valence electrons. The second kappa shape index (κ2) is 47.0. The van der Waals surface area contributed by atoms with Gasteiger partial charge in [-0.15, -0.1) is 0 Å². The minimum atomic E-state index is -0.805. The van der Waals surface area contributed by atoms with E-state index in [1.165, 1.54) is 64.2 Å². The van der Waals surface area contributed by atoms with Gasteiger partial charge < -0.3 is 14.2 Å². The number of carbonyl (C=O) groups is 3. The lowest BCUT2D eigenvalue weighted by molar-refractivity contribution is -0.167. The highest BCUT2D eigenvalue weighted by Gasteiger charge is 2.19. The van der Waals surface area contributed by atoms with Crippen molar-refractivity contribution >= 4 is 17.9 Å². The molecule has 1 atom stereocenters. The van der Waals surface area contributed by atoms with Crippen molar-refractivity contribution in [1.29, 1.82) is 0 Å². The Morgan fingerprint density at radius 3 is 1.05 bits per heavy atom. The summed E-state index contributed by atoms with van der Waals surface area (Å²) in [4.78, 5) is 37.8. The molecule has 0 aromatic heterocycles. The third kappa shape index (κ3) is 45.3. The van der Waals surface area contributed by atoms with Gasteiger partial charge in [0.15, 0.2) is 6.10 Å². The first-order chi connectivity index (χ1) is 29.0. The third-order valence-corrected chi connectivity index (χ3v) is 9.77. The summed E-state index contributed by atoms with van der Waals surface area (Å²) in [7, 11) is 0. The van der Waals surface area contributed by atoms with Gasteiger partial charge in [-0.05, 0) is 57.8 Å². The average molecular weight is 819 g/mol. The van der Waals surface area contributed by atoms with E-state index in [2.05, 4.69) is 57.2 Å². The molecule has 0 saturated heterocycles. The Morgan fingerprint density at radius 2 is 0.661 bits per heavy atom. The van der Waals surface area contributed by atoms with Crippen LogP contribution in [0.2, 0.25) is 0 Å². The molecule has 0 aromatic carbocycles. The van der Waals surface area contributed by atoms with Crippen molar-refractivity contribution in [3.63, 3.8) is 0 Å². The zero-order valence-corrected chi connectivity index (χ0v) is 38.0. The molecule has 59 heavy (non-hydrogen) atoms. The number of unbranched alkanes of at least 4 members (excludes halogenated alkanes) is 20. The van der Waals surface area contributed by atoms with E-state index in [9.17, 15) is 14.4 Å². The molecule has 0 rings (SSSR count). The lowest BCUT2D eigenvalue weighted by Crippen LogP contribution is -2.30. The van der Waals surface area contributed by atoms with Gasteiger partial charge >= 0.3 is 17.9 Å². The molecule has 1 unspecified atom stereocenters. The zero-order chi connectivity index (χ0) is 43.0. The summed E-state index contributed by atoms with van der Waals surface area (Å²) in [5.41, 5.74) is 0. The van der Waals surface area contributed by atoms with Crippen molar-refractivity contribution in [3.8, 4) is 0 Å².